The molecule has 0 fully saturated rings. The quantitative estimate of drug-likeness (QED) is 0.316. The maximum Gasteiger partial charge on any atom is 0.159 e. The van der Waals surface area contributed by atoms with Crippen LogP contribution in [-0.4, -0.2) is 5.78 Å². The minimum absolute atomic E-state index is 0.0120. The normalized spacial score (nSPS) is 10.4. The zero-order valence-corrected chi connectivity index (χ0v) is 18.5. The number of aryl methyl sites for hydroxylation is 2. The fraction of sp³-hybridized carbons (Fsp3) is 0.103. The number of Topliss-reactive ketones (excluding diaryl/α,β-unsaturated/α-hetero) is 1. The Kier molecular flexibility index (Phi) is 5.87. The first kappa shape index (κ1) is 21.1. The number of nitriles is 1. The third-order valence-electron chi connectivity index (χ3n) is 5.62. The van der Waals surface area contributed by atoms with Gasteiger partial charge in [0.1, 0.15) is 0 Å². The molecule has 0 N–H and O–H groups in total. The number of carbonyl (C=O) groups excluding carboxylic acids is 1. The molecule has 0 aromatic heterocycles. The number of ketones is 1. The smallest absolute Gasteiger partial charge is 0.159 e. The number of hydrogen-bond donors (Lipinski definition) is 0. The van der Waals surface area contributed by atoms with Gasteiger partial charge in [0.25, 0.3) is 0 Å². The Bertz CT molecular complexity index is 1260. The lowest BCUT2D eigenvalue weighted by atomic mass is 9.90. The molecule has 0 spiro atoms. The number of rotatable bonds is 5. The van der Waals surface area contributed by atoms with E-state index in [-0.39, 0.29) is 5.78 Å². The second-order valence-electron chi connectivity index (χ2n) is 7.89. The van der Waals surface area contributed by atoms with Crippen molar-refractivity contribution >= 4 is 22.8 Å². The Morgan fingerprint density at radius 2 is 1.28 bits per heavy atom. The van der Waals surface area contributed by atoms with Gasteiger partial charge < -0.3 is 4.90 Å². The zero-order valence-electron chi connectivity index (χ0n) is 18.5. The molecular weight excluding hydrogens is 392 g/mol. The predicted octanol–water partition coefficient (Wildman–Crippen LogP) is 7.51. The van der Waals surface area contributed by atoms with Gasteiger partial charge in [0.05, 0.1) is 11.6 Å². The van der Waals surface area contributed by atoms with E-state index in [1.807, 2.05) is 42.5 Å². The van der Waals surface area contributed by atoms with Crippen molar-refractivity contribution in [2.24, 2.45) is 0 Å². The largest absolute Gasteiger partial charge is 0.310 e. The summed E-state index contributed by atoms with van der Waals surface area (Å²) < 4.78 is 0. The molecule has 0 aliphatic heterocycles. The molecule has 3 heteroatoms. The molecule has 0 aliphatic rings. The van der Waals surface area contributed by atoms with E-state index < -0.39 is 0 Å². The van der Waals surface area contributed by atoms with Crippen LogP contribution in [0.2, 0.25) is 0 Å². The highest BCUT2D eigenvalue weighted by Gasteiger charge is 2.18. The maximum atomic E-state index is 12.0. The third kappa shape index (κ3) is 4.04. The van der Waals surface area contributed by atoms with Crippen LogP contribution in [0.5, 0.6) is 0 Å². The van der Waals surface area contributed by atoms with Crippen molar-refractivity contribution in [2.45, 2.75) is 20.8 Å². The summed E-state index contributed by atoms with van der Waals surface area (Å²) in [5.41, 5.74) is 8.25. The molecular formula is C29H24N2O. The zero-order chi connectivity index (χ0) is 22.7. The summed E-state index contributed by atoms with van der Waals surface area (Å²) in [7, 11) is 0. The minimum atomic E-state index is -0.0120. The molecule has 4 rings (SSSR count). The minimum Gasteiger partial charge on any atom is -0.310 e. The molecule has 0 atom stereocenters. The number of nitrogens with zero attached hydrogens (tertiary/aromatic N) is 2. The first-order chi connectivity index (χ1) is 15.5. The maximum absolute atomic E-state index is 12.0. The second-order valence-corrected chi connectivity index (χ2v) is 7.89. The van der Waals surface area contributed by atoms with E-state index in [0.717, 1.165) is 39.3 Å². The molecule has 0 aliphatic carbocycles. The van der Waals surface area contributed by atoms with Crippen molar-refractivity contribution in [1.29, 1.82) is 5.26 Å². The number of carbonyl (C=O) groups is 1. The SMILES string of the molecule is CC(=O)c1ccc(C#N)c(-c2c(C)cc(N(c3ccccc3)c3ccccc3)cc2C)c1. The summed E-state index contributed by atoms with van der Waals surface area (Å²) in [5.74, 6) is -0.0120. The fourth-order valence-electron chi connectivity index (χ4n) is 4.16. The number of anilines is 3. The first-order valence-electron chi connectivity index (χ1n) is 10.6. The summed E-state index contributed by atoms with van der Waals surface area (Å²) in [6, 6.07) is 32.4. The van der Waals surface area contributed by atoms with Gasteiger partial charge >= 0.3 is 0 Å². The van der Waals surface area contributed by atoms with E-state index in [4.69, 9.17) is 0 Å². The van der Waals surface area contributed by atoms with Crippen LogP contribution in [-0.2, 0) is 0 Å². The standard InChI is InChI=1S/C29H24N2O/c1-20-16-27(31(25-10-6-4-7-11-25)26-12-8-5-9-13-26)17-21(2)29(20)28-18-23(22(3)32)14-15-24(28)19-30/h4-18H,1-3H3. The molecule has 0 radical (unpaired) electrons. The highest BCUT2D eigenvalue weighted by Crippen LogP contribution is 2.39. The highest BCUT2D eigenvalue weighted by atomic mass is 16.1. The highest BCUT2D eigenvalue weighted by molar-refractivity contribution is 5.96. The van der Waals surface area contributed by atoms with Crippen molar-refractivity contribution in [3.8, 4) is 17.2 Å². The van der Waals surface area contributed by atoms with Crippen molar-refractivity contribution in [2.75, 3.05) is 4.90 Å². The van der Waals surface area contributed by atoms with Crippen LogP contribution < -0.4 is 4.90 Å². The van der Waals surface area contributed by atoms with E-state index in [9.17, 15) is 10.1 Å². The Morgan fingerprint density at radius 3 is 1.75 bits per heavy atom. The molecule has 4 aromatic carbocycles. The topological polar surface area (TPSA) is 44.1 Å². The van der Waals surface area contributed by atoms with Crippen molar-refractivity contribution in [3.63, 3.8) is 0 Å². The monoisotopic (exact) mass is 416 g/mol. The Labute approximate surface area is 189 Å². The van der Waals surface area contributed by atoms with Crippen LogP contribution in [0.3, 0.4) is 0 Å². The van der Waals surface area contributed by atoms with E-state index in [2.05, 4.69) is 61.2 Å². The number of para-hydroxylation sites is 2. The molecule has 0 bridgehead atoms. The summed E-state index contributed by atoms with van der Waals surface area (Å²) in [6.07, 6.45) is 0. The fourth-order valence-corrected chi connectivity index (χ4v) is 4.16. The third-order valence-corrected chi connectivity index (χ3v) is 5.62. The Balaban J connectivity index is 1.90. The van der Waals surface area contributed by atoms with Crippen LogP contribution in [0.4, 0.5) is 17.1 Å². The molecule has 4 aromatic rings. The van der Waals surface area contributed by atoms with Gasteiger partial charge in [0.2, 0.25) is 0 Å². The molecule has 3 nitrogen and oxygen atoms in total. The molecule has 0 amide bonds. The molecule has 0 saturated carbocycles. The lowest BCUT2D eigenvalue weighted by Gasteiger charge is -2.27. The van der Waals surface area contributed by atoms with Crippen LogP contribution >= 0.6 is 0 Å². The molecule has 0 saturated heterocycles. The van der Waals surface area contributed by atoms with Gasteiger partial charge in [-0.05, 0) is 86.0 Å². The predicted molar refractivity (Wildman–Crippen MR) is 131 cm³/mol. The van der Waals surface area contributed by atoms with Gasteiger partial charge in [0.15, 0.2) is 5.78 Å². The average Bonchev–Trinajstić information content (AvgIpc) is 2.80. The van der Waals surface area contributed by atoms with Crippen LogP contribution in [0.15, 0.2) is 91.0 Å². The Hall–Kier alpha value is -4.16. The molecule has 0 unspecified atom stereocenters. The lowest BCUT2D eigenvalue weighted by Crippen LogP contribution is -2.10. The van der Waals surface area contributed by atoms with Gasteiger partial charge in [-0.25, -0.2) is 0 Å². The van der Waals surface area contributed by atoms with Crippen LogP contribution in [0, 0.1) is 25.2 Å². The number of benzene rings is 4. The first-order valence-corrected chi connectivity index (χ1v) is 10.6. The van der Waals surface area contributed by atoms with Crippen molar-refractivity contribution in [3.05, 3.63) is 113 Å². The number of hydrogen-bond acceptors (Lipinski definition) is 3. The van der Waals surface area contributed by atoms with Crippen LogP contribution in [0.1, 0.15) is 34.0 Å². The summed E-state index contributed by atoms with van der Waals surface area (Å²) >= 11 is 0. The molecule has 156 valence electrons. The van der Waals surface area contributed by atoms with E-state index in [1.54, 1.807) is 19.1 Å². The van der Waals surface area contributed by atoms with E-state index in [1.165, 1.54) is 0 Å². The van der Waals surface area contributed by atoms with Crippen molar-refractivity contribution < 1.29 is 4.79 Å². The van der Waals surface area contributed by atoms with E-state index in [0.29, 0.717) is 11.1 Å². The van der Waals surface area contributed by atoms with Crippen LogP contribution in [0.25, 0.3) is 11.1 Å². The van der Waals surface area contributed by atoms with Gasteiger partial charge in [-0.15, -0.1) is 0 Å². The van der Waals surface area contributed by atoms with Gasteiger partial charge in [0, 0.05) is 28.2 Å². The van der Waals surface area contributed by atoms with Gasteiger partial charge in [-0.1, -0.05) is 42.5 Å². The van der Waals surface area contributed by atoms with Gasteiger partial charge in [-0.2, -0.15) is 5.26 Å². The average molecular weight is 417 g/mol. The second kappa shape index (κ2) is 8.91. The summed E-state index contributed by atoms with van der Waals surface area (Å²) in [5, 5.41) is 9.69. The van der Waals surface area contributed by atoms with Gasteiger partial charge in [-0.3, -0.25) is 4.79 Å². The van der Waals surface area contributed by atoms with E-state index >= 15 is 0 Å². The Morgan fingerprint density at radius 1 is 0.750 bits per heavy atom. The van der Waals surface area contributed by atoms with Crippen molar-refractivity contribution in [1.82, 2.24) is 0 Å². The lowest BCUT2D eigenvalue weighted by molar-refractivity contribution is 0.101. The summed E-state index contributed by atoms with van der Waals surface area (Å²) in [6.45, 7) is 5.66. The molecule has 32 heavy (non-hydrogen) atoms. The summed E-state index contributed by atoms with van der Waals surface area (Å²) in [4.78, 5) is 14.2. The molecule has 0 heterocycles.